The van der Waals surface area contributed by atoms with Crippen molar-refractivity contribution in [1.29, 1.82) is 0 Å². The molecule has 0 unspecified atom stereocenters. The molecule has 0 aliphatic carbocycles. The van der Waals surface area contributed by atoms with E-state index in [0.717, 1.165) is 19.3 Å². The average molecular weight is 337 g/mol. The number of aromatic nitrogens is 4. The van der Waals surface area contributed by atoms with E-state index in [2.05, 4.69) is 27.0 Å². The number of anilines is 1. The molecule has 0 spiro atoms. The number of esters is 1. The quantitative estimate of drug-likeness (QED) is 0.439. The van der Waals surface area contributed by atoms with Crippen LogP contribution in [0.5, 0.6) is 0 Å². The van der Waals surface area contributed by atoms with Crippen LogP contribution in [0.1, 0.15) is 48.8 Å². The standard InChI is InChI=1S/C14H19N5O3S/c1-3-5-6-10-17-11(22-19-10)8-23-14-16-7-9(12(15)18-14)13(20)21-4-2/h7H,3-6,8H2,1-2H3,(H2,15,16,18). The van der Waals surface area contributed by atoms with E-state index in [4.69, 9.17) is 15.0 Å². The van der Waals surface area contributed by atoms with Crippen LogP contribution in [0.25, 0.3) is 0 Å². The van der Waals surface area contributed by atoms with E-state index in [0.29, 0.717) is 22.6 Å². The van der Waals surface area contributed by atoms with Gasteiger partial charge in [-0.15, -0.1) is 0 Å². The molecular weight excluding hydrogens is 318 g/mol. The monoisotopic (exact) mass is 337 g/mol. The summed E-state index contributed by atoms with van der Waals surface area (Å²) in [5.41, 5.74) is 5.93. The Morgan fingerprint density at radius 3 is 2.91 bits per heavy atom. The number of carbonyl (C=O) groups is 1. The molecule has 2 aromatic heterocycles. The zero-order valence-electron chi connectivity index (χ0n) is 13.1. The van der Waals surface area contributed by atoms with Crippen molar-refractivity contribution in [3.8, 4) is 0 Å². The second kappa shape index (κ2) is 8.47. The zero-order valence-corrected chi connectivity index (χ0v) is 13.9. The smallest absolute Gasteiger partial charge is 0.343 e. The maximum Gasteiger partial charge on any atom is 0.343 e. The van der Waals surface area contributed by atoms with E-state index in [1.807, 2.05) is 0 Å². The van der Waals surface area contributed by atoms with Gasteiger partial charge in [-0.05, 0) is 13.3 Å². The summed E-state index contributed by atoms with van der Waals surface area (Å²) < 4.78 is 10.0. The second-order valence-electron chi connectivity index (χ2n) is 4.67. The van der Waals surface area contributed by atoms with Crippen LogP contribution in [-0.2, 0) is 16.9 Å². The lowest BCUT2D eigenvalue weighted by atomic mass is 10.2. The normalized spacial score (nSPS) is 10.7. The van der Waals surface area contributed by atoms with Crippen LogP contribution in [0.2, 0.25) is 0 Å². The Bertz CT molecular complexity index is 662. The number of hydrogen-bond donors (Lipinski definition) is 1. The van der Waals surface area contributed by atoms with Gasteiger partial charge in [-0.2, -0.15) is 4.98 Å². The van der Waals surface area contributed by atoms with Crippen molar-refractivity contribution < 1.29 is 14.1 Å². The number of nitrogens with two attached hydrogens (primary N) is 1. The Morgan fingerprint density at radius 1 is 1.39 bits per heavy atom. The number of aryl methyl sites for hydroxylation is 1. The Hall–Kier alpha value is -2.16. The van der Waals surface area contributed by atoms with Crippen LogP contribution >= 0.6 is 11.8 Å². The first-order chi connectivity index (χ1) is 11.1. The van der Waals surface area contributed by atoms with Gasteiger partial charge < -0.3 is 15.0 Å². The van der Waals surface area contributed by atoms with Gasteiger partial charge in [-0.25, -0.2) is 14.8 Å². The van der Waals surface area contributed by atoms with Gasteiger partial charge in [0.15, 0.2) is 11.0 Å². The molecule has 2 aromatic rings. The highest BCUT2D eigenvalue weighted by molar-refractivity contribution is 7.98. The summed E-state index contributed by atoms with van der Waals surface area (Å²) >= 11 is 1.31. The lowest BCUT2D eigenvalue weighted by molar-refractivity contribution is 0.0526. The molecule has 0 amide bonds. The summed E-state index contributed by atoms with van der Waals surface area (Å²) in [6, 6.07) is 0. The molecule has 0 aliphatic rings. The van der Waals surface area contributed by atoms with Crippen LogP contribution in [-0.4, -0.2) is 32.7 Å². The molecule has 8 nitrogen and oxygen atoms in total. The minimum atomic E-state index is -0.529. The Kier molecular flexibility index (Phi) is 6.33. The number of nitrogens with zero attached hydrogens (tertiary/aromatic N) is 4. The summed E-state index contributed by atoms with van der Waals surface area (Å²) in [5, 5.41) is 4.35. The number of thioether (sulfide) groups is 1. The van der Waals surface area contributed by atoms with Crippen LogP contribution in [0.4, 0.5) is 5.82 Å². The minimum absolute atomic E-state index is 0.0927. The van der Waals surface area contributed by atoms with Crippen molar-refractivity contribution in [3.63, 3.8) is 0 Å². The molecule has 0 aliphatic heterocycles. The molecule has 0 saturated carbocycles. The lowest BCUT2D eigenvalue weighted by Gasteiger charge is -2.05. The Balaban J connectivity index is 1.94. The van der Waals surface area contributed by atoms with Gasteiger partial charge in [0.2, 0.25) is 5.89 Å². The largest absolute Gasteiger partial charge is 0.462 e. The molecule has 9 heteroatoms. The maximum absolute atomic E-state index is 11.6. The molecule has 0 radical (unpaired) electrons. The van der Waals surface area contributed by atoms with Crippen LogP contribution in [0.15, 0.2) is 15.9 Å². The number of hydrogen-bond acceptors (Lipinski definition) is 9. The molecule has 2 rings (SSSR count). The molecule has 0 atom stereocenters. The molecule has 0 bridgehead atoms. The first-order valence-electron chi connectivity index (χ1n) is 7.37. The Labute approximate surface area is 138 Å². The molecule has 2 heterocycles. The number of nitrogen functional groups attached to an aromatic ring is 1. The predicted molar refractivity (Wildman–Crippen MR) is 84.9 cm³/mol. The predicted octanol–water partition coefficient (Wildman–Crippen LogP) is 2.25. The van der Waals surface area contributed by atoms with E-state index in [-0.39, 0.29) is 18.0 Å². The minimum Gasteiger partial charge on any atom is -0.462 e. The molecule has 2 N–H and O–H groups in total. The first kappa shape index (κ1) is 17.2. The van der Waals surface area contributed by atoms with E-state index in [9.17, 15) is 4.79 Å². The van der Waals surface area contributed by atoms with Crippen molar-refractivity contribution in [2.24, 2.45) is 0 Å². The third-order valence-corrected chi connectivity index (χ3v) is 3.73. The number of ether oxygens (including phenoxy) is 1. The molecule has 0 fully saturated rings. The highest BCUT2D eigenvalue weighted by Crippen LogP contribution is 2.20. The fraction of sp³-hybridized carbons (Fsp3) is 0.500. The second-order valence-corrected chi connectivity index (χ2v) is 5.61. The van der Waals surface area contributed by atoms with Gasteiger partial charge in [-0.3, -0.25) is 0 Å². The Morgan fingerprint density at radius 2 is 2.22 bits per heavy atom. The molecule has 23 heavy (non-hydrogen) atoms. The molecule has 0 aromatic carbocycles. The highest BCUT2D eigenvalue weighted by atomic mass is 32.2. The summed E-state index contributed by atoms with van der Waals surface area (Å²) in [6.45, 7) is 4.10. The van der Waals surface area contributed by atoms with Crippen molar-refractivity contribution >= 4 is 23.5 Å². The highest BCUT2D eigenvalue weighted by Gasteiger charge is 2.14. The number of rotatable bonds is 8. The fourth-order valence-electron chi connectivity index (χ4n) is 1.73. The van der Waals surface area contributed by atoms with Gasteiger partial charge in [0.1, 0.15) is 11.4 Å². The van der Waals surface area contributed by atoms with Crippen LogP contribution < -0.4 is 5.73 Å². The average Bonchev–Trinajstić information content (AvgIpc) is 2.99. The van der Waals surface area contributed by atoms with E-state index in [1.54, 1.807) is 6.92 Å². The van der Waals surface area contributed by atoms with Gasteiger partial charge in [0, 0.05) is 12.6 Å². The summed E-state index contributed by atoms with van der Waals surface area (Å²) in [4.78, 5) is 24.1. The topological polar surface area (TPSA) is 117 Å². The van der Waals surface area contributed by atoms with Crippen LogP contribution in [0.3, 0.4) is 0 Å². The summed E-state index contributed by atoms with van der Waals surface area (Å²) in [5.74, 6) is 1.23. The third kappa shape index (κ3) is 4.92. The number of carbonyl (C=O) groups excluding carboxylic acids is 1. The SMILES string of the molecule is CCCCc1noc(CSc2ncc(C(=O)OCC)c(N)n2)n1. The van der Waals surface area contributed by atoms with Crippen LogP contribution in [0, 0.1) is 0 Å². The van der Waals surface area contributed by atoms with E-state index >= 15 is 0 Å². The third-order valence-electron chi connectivity index (χ3n) is 2.88. The van der Waals surface area contributed by atoms with E-state index in [1.165, 1.54) is 18.0 Å². The maximum atomic E-state index is 11.6. The van der Waals surface area contributed by atoms with E-state index < -0.39 is 5.97 Å². The number of unbranched alkanes of at least 4 members (excludes halogenated alkanes) is 1. The van der Waals surface area contributed by atoms with Crippen molar-refractivity contribution in [3.05, 3.63) is 23.5 Å². The van der Waals surface area contributed by atoms with Gasteiger partial charge in [0.25, 0.3) is 0 Å². The summed E-state index contributed by atoms with van der Waals surface area (Å²) in [7, 11) is 0. The van der Waals surface area contributed by atoms with Gasteiger partial charge in [0.05, 0.1) is 12.4 Å². The van der Waals surface area contributed by atoms with Crippen molar-refractivity contribution in [1.82, 2.24) is 20.1 Å². The van der Waals surface area contributed by atoms with Gasteiger partial charge in [-0.1, -0.05) is 30.3 Å². The molecule has 124 valence electrons. The molecular formula is C14H19N5O3S. The fourth-order valence-corrected chi connectivity index (χ4v) is 2.39. The lowest BCUT2D eigenvalue weighted by Crippen LogP contribution is -2.10. The van der Waals surface area contributed by atoms with Crippen molar-refractivity contribution in [2.75, 3.05) is 12.3 Å². The first-order valence-corrected chi connectivity index (χ1v) is 8.36. The van der Waals surface area contributed by atoms with Gasteiger partial charge >= 0.3 is 5.97 Å². The summed E-state index contributed by atoms with van der Waals surface area (Å²) in [6.07, 6.45) is 4.28. The zero-order chi connectivity index (χ0) is 16.7. The molecule has 0 saturated heterocycles. The van der Waals surface area contributed by atoms with Crippen molar-refractivity contribution in [2.45, 2.75) is 44.0 Å².